The van der Waals surface area contributed by atoms with Gasteiger partial charge in [-0.3, -0.25) is 14.5 Å². The molecule has 1 N–H and O–H groups in total. The SMILES string of the molecule is CC(=O)N(c1ccccc1)c1nc(/C=N\NC(=O)c2ccc3c(c2)OCO3)cs1. The fraction of sp³-hybridized carbons (Fsp3) is 0.100. The summed E-state index contributed by atoms with van der Waals surface area (Å²) in [4.78, 5) is 30.2. The van der Waals surface area contributed by atoms with Crippen molar-refractivity contribution in [2.45, 2.75) is 6.92 Å². The summed E-state index contributed by atoms with van der Waals surface area (Å²) in [6, 6.07) is 14.2. The van der Waals surface area contributed by atoms with Crippen molar-refractivity contribution in [3.8, 4) is 11.5 Å². The molecular formula is C20H16N4O4S. The third-order valence-electron chi connectivity index (χ3n) is 4.03. The molecule has 4 rings (SSSR count). The smallest absolute Gasteiger partial charge is 0.271 e. The van der Waals surface area contributed by atoms with Crippen LogP contribution in [0, 0.1) is 0 Å². The summed E-state index contributed by atoms with van der Waals surface area (Å²) in [6.07, 6.45) is 1.42. The van der Waals surface area contributed by atoms with Crippen molar-refractivity contribution in [2.75, 3.05) is 11.7 Å². The predicted octanol–water partition coefficient (Wildman–Crippen LogP) is 3.32. The fourth-order valence-corrected chi connectivity index (χ4v) is 3.54. The molecule has 0 bridgehead atoms. The molecule has 0 spiro atoms. The van der Waals surface area contributed by atoms with Crippen LogP contribution in [0.5, 0.6) is 11.5 Å². The minimum absolute atomic E-state index is 0.144. The molecule has 2 aromatic carbocycles. The summed E-state index contributed by atoms with van der Waals surface area (Å²) < 4.78 is 10.5. The van der Waals surface area contributed by atoms with Gasteiger partial charge in [-0.2, -0.15) is 5.10 Å². The van der Waals surface area contributed by atoms with Crippen LogP contribution in [0.3, 0.4) is 0 Å². The molecule has 8 nitrogen and oxygen atoms in total. The van der Waals surface area contributed by atoms with Gasteiger partial charge in [-0.1, -0.05) is 18.2 Å². The van der Waals surface area contributed by atoms with Crippen LogP contribution in [0.2, 0.25) is 0 Å². The van der Waals surface area contributed by atoms with Crippen LogP contribution in [0.15, 0.2) is 59.0 Å². The summed E-state index contributed by atoms with van der Waals surface area (Å²) in [7, 11) is 0. The zero-order valence-electron chi connectivity index (χ0n) is 15.4. The first kappa shape index (κ1) is 18.6. The number of fused-ring (bicyclic) bond motifs is 1. The van der Waals surface area contributed by atoms with Gasteiger partial charge in [-0.05, 0) is 30.3 Å². The predicted molar refractivity (Wildman–Crippen MR) is 109 cm³/mol. The molecule has 0 aliphatic carbocycles. The Hall–Kier alpha value is -3.72. The van der Waals surface area contributed by atoms with Crippen molar-refractivity contribution >= 4 is 40.2 Å². The molecule has 9 heteroatoms. The number of carbonyl (C=O) groups excluding carboxylic acids is 2. The molecule has 0 atom stereocenters. The van der Waals surface area contributed by atoms with Gasteiger partial charge in [0.15, 0.2) is 16.6 Å². The van der Waals surface area contributed by atoms with E-state index in [-0.39, 0.29) is 18.6 Å². The third-order valence-corrected chi connectivity index (χ3v) is 4.87. The van der Waals surface area contributed by atoms with E-state index in [2.05, 4.69) is 15.5 Å². The van der Waals surface area contributed by atoms with E-state index in [0.29, 0.717) is 27.9 Å². The topological polar surface area (TPSA) is 93.1 Å². The second-order valence-corrected chi connectivity index (χ2v) is 6.85. The number of hydrazone groups is 1. The van der Waals surface area contributed by atoms with E-state index in [4.69, 9.17) is 9.47 Å². The molecule has 1 aliphatic heterocycles. The second kappa shape index (κ2) is 8.11. The van der Waals surface area contributed by atoms with E-state index in [1.807, 2.05) is 30.3 Å². The largest absolute Gasteiger partial charge is 0.454 e. The van der Waals surface area contributed by atoms with Crippen LogP contribution in [0.4, 0.5) is 10.8 Å². The van der Waals surface area contributed by atoms with Crippen LogP contribution in [-0.2, 0) is 4.79 Å². The van der Waals surface area contributed by atoms with Gasteiger partial charge in [0.2, 0.25) is 12.7 Å². The Morgan fingerprint density at radius 2 is 1.97 bits per heavy atom. The highest BCUT2D eigenvalue weighted by molar-refractivity contribution is 7.14. The minimum atomic E-state index is -0.385. The van der Waals surface area contributed by atoms with E-state index in [9.17, 15) is 9.59 Å². The van der Waals surface area contributed by atoms with Crippen LogP contribution >= 0.6 is 11.3 Å². The number of ether oxygens (including phenoxy) is 2. The highest BCUT2D eigenvalue weighted by Gasteiger charge is 2.18. The summed E-state index contributed by atoms with van der Waals surface area (Å²) in [5.74, 6) is 0.597. The number of hydrogen-bond acceptors (Lipinski definition) is 7. The molecule has 0 saturated carbocycles. The molecule has 2 heterocycles. The van der Waals surface area contributed by atoms with Gasteiger partial charge in [-0.15, -0.1) is 11.3 Å². The lowest BCUT2D eigenvalue weighted by molar-refractivity contribution is -0.115. The summed E-state index contributed by atoms with van der Waals surface area (Å²) in [6.45, 7) is 1.62. The molecule has 0 fully saturated rings. The van der Waals surface area contributed by atoms with Crippen molar-refractivity contribution in [3.05, 3.63) is 65.2 Å². The first-order chi connectivity index (χ1) is 14.1. The van der Waals surface area contributed by atoms with E-state index in [0.717, 1.165) is 5.69 Å². The van der Waals surface area contributed by atoms with Gasteiger partial charge in [0.25, 0.3) is 5.91 Å². The van der Waals surface area contributed by atoms with E-state index < -0.39 is 0 Å². The summed E-state index contributed by atoms with van der Waals surface area (Å²) in [5, 5.41) is 6.22. The van der Waals surface area contributed by atoms with E-state index >= 15 is 0 Å². The van der Waals surface area contributed by atoms with Crippen molar-refractivity contribution in [1.29, 1.82) is 0 Å². The Labute approximate surface area is 170 Å². The molecule has 0 radical (unpaired) electrons. The van der Waals surface area contributed by atoms with Gasteiger partial charge >= 0.3 is 0 Å². The highest BCUT2D eigenvalue weighted by atomic mass is 32.1. The average Bonchev–Trinajstić information content (AvgIpc) is 3.37. The number of carbonyl (C=O) groups is 2. The van der Waals surface area contributed by atoms with Gasteiger partial charge in [0, 0.05) is 17.9 Å². The first-order valence-electron chi connectivity index (χ1n) is 8.66. The molecule has 146 valence electrons. The number of amides is 2. The quantitative estimate of drug-likeness (QED) is 0.516. The van der Waals surface area contributed by atoms with Gasteiger partial charge in [-0.25, -0.2) is 10.4 Å². The molecule has 2 amide bonds. The number of anilines is 2. The Bertz CT molecular complexity index is 1080. The molecule has 1 aliphatic rings. The average molecular weight is 408 g/mol. The number of thiazole rings is 1. The number of rotatable bonds is 5. The van der Waals surface area contributed by atoms with Gasteiger partial charge in [0.1, 0.15) is 0 Å². The highest BCUT2D eigenvalue weighted by Crippen LogP contribution is 2.32. The molecule has 1 aromatic heterocycles. The fourth-order valence-electron chi connectivity index (χ4n) is 2.70. The van der Waals surface area contributed by atoms with Crippen LogP contribution in [0.1, 0.15) is 23.0 Å². The van der Waals surface area contributed by atoms with Crippen molar-refractivity contribution < 1.29 is 19.1 Å². The van der Waals surface area contributed by atoms with Crippen LogP contribution < -0.4 is 19.8 Å². The first-order valence-corrected chi connectivity index (χ1v) is 9.54. The maximum atomic E-state index is 12.2. The number of para-hydroxylation sites is 1. The number of nitrogens with zero attached hydrogens (tertiary/aromatic N) is 3. The van der Waals surface area contributed by atoms with Crippen LogP contribution in [-0.4, -0.2) is 29.8 Å². The number of hydrogen-bond donors (Lipinski definition) is 1. The monoisotopic (exact) mass is 408 g/mol. The standard InChI is InChI=1S/C20H16N4O4S/c1-13(25)24(16-5-3-2-4-6-16)20-22-15(11-29-20)10-21-23-19(26)14-7-8-17-18(9-14)28-12-27-17/h2-11H,12H2,1H3,(H,23,26)/b21-10-. The third kappa shape index (κ3) is 4.09. The van der Waals surface area contributed by atoms with Crippen LogP contribution in [0.25, 0.3) is 0 Å². The van der Waals surface area contributed by atoms with Gasteiger partial charge in [0.05, 0.1) is 17.6 Å². The zero-order chi connectivity index (χ0) is 20.2. The normalized spacial score (nSPS) is 12.2. The van der Waals surface area contributed by atoms with Gasteiger partial charge < -0.3 is 9.47 Å². The molecule has 3 aromatic rings. The van der Waals surface area contributed by atoms with E-state index in [1.165, 1.54) is 29.4 Å². The number of nitrogens with one attached hydrogen (secondary N) is 1. The molecule has 0 unspecified atom stereocenters. The van der Waals surface area contributed by atoms with Crippen molar-refractivity contribution in [3.63, 3.8) is 0 Å². The Morgan fingerprint density at radius 3 is 2.76 bits per heavy atom. The Balaban J connectivity index is 1.44. The summed E-state index contributed by atoms with van der Waals surface area (Å²) in [5.41, 5.74) is 4.11. The summed E-state index contributed by atoms with van der Waals surface area (Å²) >= 11 is 1.31. The van der Waals surface area contributed by atoms with Crippen molar-refractivity contribution in [1.82, 2.24) is 10.4 Å². The Morgan fingerprint density at radius 1 is 1.17 bits per heavy atom. The number of benzene rings is 2. The van der Waals surface area contributed by atoms with E-state index in [1.54, 1.807) is 23.6 Å². The second-order valence-electron chi connectivity index (χ2n) is 6.01. The zero-order valence-corrected chi connectivity index (χ0v) is 16.2. The lowest BCUT2D eigenvalue weighted by Crippen LogP contribution is -2.22. The molecular weight excluding hydrogens is 392 g/mol. The minimum Gasteiger partial charge on any atom is -0.454 e. The number of aromatic nitrogens is 1. The molecule has 0 saturated heterocycles. The maximum Gasteiger partial charge on any atom is 0.271 e. The van der Waals surface area contributed by atoms with Crippen molar-refractivity contribution in [2.24, 2.45) is 5.10 Å². The Kier molecular flexibility index (Phi) is 5.21. The molecule has 29 heavy (non-hydrogen) atoms. The lowest BCUT2D eigenvalue weighted by atomic mass is 10.2. The lowest BCUT2D eigenvalue weighted by Gasteiger charge is -2.17. The maximum absolute atomic E-state index is 12.2.